The fraction of sp³-hybridized carbons (Fsp3) is 0.533. The van der Waals surface area contributed by atoms with Crippen molar-refractivity contribution in [3.05, 3.63) is 23.8 Å². The van der Waals surface area contributed by atoms with Gasteiger partial charge in [0.2, 0.25) is 0 Å². The van der Waals surface area contributed by atoms with Gasteiger partial charge in [-0.3, -0.25) is 0 Å². The second kappa shape index (κ2) is 5.88. The van der Waals surface area contributed by atoms with E-state index in [1.807, 2.05) is 0 Å². The summed E-state index contributed by atoms with van der Waals surface area (Å²) in [5, 5.41) is 4.40. The molecule has 2 aromatic rings. The number of ether oxygens (including phenoxy) is 1. The molecule has 102 valence electrons. The second-order valence-corrected chi connectivity index (χ2v) is 6.32. The van der Waals surface area contributed by atoms with Crippen LogP contribution in [0.1, 0.15) is 24.8 Å². The quantitative estimate of drug-likeness (QED) is 0.780. The summed E-state index contributed by atoms with van der Waals surface area (Å²) in [5.74, 6) is 0.862. The van der Waals surface area contributed by atoms with Crippen LogP contribution < -0.4 is 5.32 Å². The maximum atomic E-state index is 5.61. The predicted molar refractivity (Wildman–Crippen MR) is 81.0 cm³/mol. The Labute approximate surface area is 118 Å². The van der Waals surface area contributed by atoms with E-state index in [0.29, 0.717) is 0 Å². The number of hydrogen-bond donors (Lipinski definition) is 1. The number of anilines is 1. The fourth-order valence-corrected chi connectivity index (χ4v) is 2.89. The molecule has 1 saturated carbocycles. The van der Waals surface area contributed by atoms with Gasteiger partial charge in [0.1, 0.15) is 0 Å². The van der Waals surface area contributed by atoms with Crippen LogP contribution >= 0.6 is 11.3 Å². The lowest BCUT2D eigenvalue weighted by molar-refractivity contribution is 0.124. The number of hydrogen-bond acceptors (Lipinski definition) is 4. The zero-order valence-corrected chi connectivity index (χ0v) is 12.1. The Hall–Kier alpha value is -1.13. The molecule has 4 heteroatoms. The molecule has 1 N–H and O–H groups in total. The highest BCUT2D eigenvalue weighted by Crippen LogP contribution is 2.29. The Bertz CT molecular complexity index is 548. The van der Waals surface area contributed by atoms with E-state index in [9.17, 15) is 0 Å². The van der Waals surface area contributed by atoms with Crippen LogP contribution in [-0.4, -0.2) is 24.7 Å². The number of nitrogens with zero attached hydrogens (tertiary/aromatic N) is 1. The first kappa shape index (κ1) is 12.9. The molecule has 0 amide bonds. The molecule has 3 rings (SSSR count). The number of nitrogens with one attached hydrogen (secondary N) is 1. The van der Waals surface area contributed by atoms with E-state index in [-0.39, 0.29) is 0 Å². The SMILES string of the molecule is Cc1ccc2sc(NCCCOCC3CC3)nc2c1. The van der Waals surface area contributed by atoms with E-state index in [1.165, 1.54) is 23.1 Å². The lowest BCUT2D eigenvalue weighted by Crippen LogP contribution is -2.06. The Balaban J connectivity index is 1.42. The average molecular weight is 276 g/mol. The first-order valence-electron chi connectivity index (χ1n) is 7.00. The molecule has 0 saturated heterocycles. The first-order chi connectivity index (χ1) is 9.31. The van der Waals surface area contributed by atoms with E-state index >= 15 is 0 Å². The van der Waals surface area contributed by atoms with Gasteiger partial charge in [0.15, 0.2) is 5.13 Å². The number of thiazole rings is 1. The molecule has 0 bridgehead atoms. The van der Waals surface area contributed by atoms with Crippen LogP contribution in [0.2, 0.25) is 0 Å². The highest BCUT2D eigenvalue weighted by atomic mass is 32.1. The van der Waals surface area contributed by atoms with Gasteiger partial charge in [0, 0.05) is 19.8 Å². The highest BCUT2D eigenvalue weighted by molar-refractivity contribution is 7.22. The van der Waals surface area contributed by atoms with Crippen LogP contribution in [-0.2, 0) is 4.74 Å². The Morgan fingerprint density at radius 1 is 1.42 bits per heavy atom. The molecule has 1 aliphatic rings. The van der Waals surface area contributed by atoms with Gasteiger partial charge in [-0.1, -0.05) is 17.4 Å². The van der Waals surface area contributed by atoms with Gasteiger partial charge in [0.25, 0.3) is 0 Å². The number of aryl methyl sites for hydroxylation is 1. The topological polar surface area (TPSA) is 34.1 Å². The minimum absolute atomic E-state index is 0.855. The van der Waals surface area contributed by atoms with Crippen molar-refractivity contribution in [2.45, 2.75) is 26.2 Å². The van der Waals surface area contributed by atoms with Crippen LogP contribution in [0.15, 0.2) is 18.2 Å². The molecule has 0 atom stereocenters. The van der Waals surface area contributed by atoms with Crippen LogP contribution in [0.5, 0.6) is 0 Å². The number of aromatic nitrogens is 1. The monoisotopic (exact) mass is 276 g/mol. The minimum Gasteiger partial charge on any atom is -0.381 e. The summed E-state index contributed by atoms with van der Waals surface area (Å²) in [4.78, 5) is 4.60. The largest absolute Gasteiger partial charge is 0.381 e. The summed E-state index contributed by atoms with van der Waals surface area (Å²) in [7, 11) is 0. The summed E-state index contributed by atoms with van der Waals surface area (Å²) in [5.41, 5.74) is 2.36. The van der Waals surface area contributed by atoms with Crippen molar-refractivity contribution in [2.75, 3.05) is 25.1 Å². The van der Waals surface area contributed by atoms with Crippen molar-refractivity contribution in [3.8, 4) is 0 Å². The summed E-state index contributed by atoms with van der Waals surface area (Å²) < 4.78 is 6.86. The van der Waals surface area contributed by atoms with Gasteiger partial charge < -0.3 is 10.1 Å². The molecule has 1 aromatic heterocycles. The molecule has 1 aliphatic carbocycles. The molecule has 19 heavy (non-hydrogen) atoms. The molecule has 0 radical (unpaired) electrons. The standard InChI is InChI=1S/C15H20N2OS/c1-11-3-6-14-13(9-11)17-15(19-14)16-7-2-8-18-10-12-4-5-12/h3,6,9,12H,2,4-5,7-8,10H2,1H3,(H,16,17). The Morgan fingerprint density at radius 2 is 2.32 bits per heavy atom. The molecular weight excluding hydrogens is 256 g/mol. The minimum atomic E-state index is 0.855. The molecule has 3 nitrogen and oxygen atoms in total. The molecular formula is C15H20N2OS. The maximum Gasteiger partial charge on any atom is 0.183 e. The van der Waals surface area contributed by atoms with Crippen molar-refractivity contribution < 1.29 is 4.74 Å². The number of rotatable bonds is 7. The van der Waals surface area contributed by atoms with Crippen LogP contribution in [0, 0.1) is 12.8 Å². The average Bonchev–Trinajstić information content (AvgIpc) is 3.13. The molecule has 0 aliphatic heterocycles. The van der Waals surface area contributed by atoms with E-state index < -0.39 is 0 Å². The van der Waals surface area contributed by atoms with Gasteiger partial charge in [0.05, 0.1) is 10.2 Å². The maximum absolute atomic E-state index is 5.61. The zero-order valence-electron chi connectivity index (χ0n) is 11.3. The molecule has 1 fully saturated rings. The summed E-state index contributed by atoms with van der Waals surface area (Å²) in [6.45, 7) is 4.85. The summed E-state index contributed by atoms with van der Waals surface area (Å²) >= 11 is 1.72. The summed E-state index contributed by atoms with van der Waals surface area (Å²) in [6.07, 6.45) is 3.77. The summed E-state index contributed by atoms with van der Waals surface area (Å²) in [6, 6.07) is 6.41. The Kier molecular flexibility index (Phi) is 3.99. The number of fused-ring (bicyclic) bond motifs is 1. The lowest BCUT2D eigenvalue weighted by atomic mass is 10.2. The van der Waals surface area contributed by atoms with Crippen molar-refractivity contribution in [1.82, 2.24) is 4.98 Å². The van der Waals surface area contributed by atoms with Gasteiger partial charge in [-0.05, 0) is 49.8 Å². The van der Waals surface area contributed by atoms with Gasteiger partial charge in [-0.25, -0.2) is 4.98 Å². The van der Waals surface area contributed by atoms with Crippen molar-refractivity contribution in [1.29, 1.82) is 0 Å². The van der Waals surface area contributed by atoms with E-state index in [1.54, 1.807) is 11.3 Å². The fourth-order valence-electron chi connectivity index (χ4n) is 2.02. The highest BCUT2D eigenvalue weighted by Gasteiger charge is 2.20. The van der Waals surface area contributed by atoms with Crippen molar-refractivity contribution in [2.24, 2.45) is 5.92 Å². The van der Waals surface area contributed by atoms with E-state index in [4.69, 9.17) is 4.74 Å². The zero-order chi connectivity index (χ0) is 13.1. The van der Waals surface area contributed by atoms with Gasteiger partial charge >= 0.3 is 0 Å². The van der Waals surface area contributed by atoms with E-state index in [0.717, 1.165) is 42.7 Å². The normalized spacial score (nSPS) is 15.0. The molecule has 1 heterocycles. The lowest BCUT2D eigenvalue weighted by Gasteiger charge is -2.03. The Morgan fingerprint density at radius 3 is 3.16 bits per heavy atom. The second-order valence-electron chi connectivity index (χ2n) is 5.29. The molecule has 0 unspecified atom stereocenters. The predicted octanol–water partition coefficient (Wildman–Crippen LogP) is 3.83. The third kappa shape index (κ3) is 3.67. The first-order valence-corrected chi connectivity index (χ1v) is 7.82. The van der Waals surface area contributed by atoms with Crippen molar-refractivity contribution >= 4 is 26.7 Å². The van der Waals surface area contributed by atoms with E-state index in [2.05, 4.69) is 35.4 Å². The van der Waals surface area contributed by atoms with Crippen LogP contribution in [0.3, 0.4) is 0 Å². The third-order valence-electron chi connectivity index (χ3n) is 3.34. The molecule has 1 aromatic carbocycles. The van der Waals surface area contributed by atoms with Crippen LogP contribution in [0.25, 0.3) is 10.2 Å². The molecule has 0 spiro atoms. The van der Waals surface area contributed by atoms with Crippen molar-refractivity contribution in [3.63, 3.8) is 0 Å². The van der Waals surface area contributed by atoms with Gasteiger partial charge in [-0.15, -0.1) is 0 Å². The number of benzene rings is 1. The third-order valence-corrected chi connectivity index (χ3v) is 4.33. The van der Waals surface area contributed by atoms with Crippen LogP contribution in [0.4, 0.5) is 5.13 Å². The van der Waals surface area contributed by atoms with Gasteiger partial charge in [-0.2, -0.15) is 0 Å². The smallest absolute Gasteiger partial charge is 0.183 e.